The molecule has 0 spiro atoms. The van der Waals surface area contributed by atoms with Crippen LogP contribution in [0.4, 0.5) is 0 Å². The standard InChI is InChI=1S/2CH2O.2ClH.Fe/c2*1-2;;;/h2*1H2;2*1H;/q;;;;+2/p-2. The number of halogens is 2. The van der Waals surface area contributed by atoms with Crippen LogP contribution in [0.15, 0.2) is 0 Å². The van der Waals surface area contributed by atoms with Gasteiger partial charge in [0.05, 0.1) is 0 Å². The van der Waals surface area contributed by atoms with Gasteiger partial charge in [0.1, 0.15) is 13.6 Å². The summed E-state index contributed by atoms with van der Waals surface area (Å²) in [6.07, 6.45) is 0. The van der Waals surface area contributed by atoms with Crippen LogP contribution in [0.5, 0.6) is 0 Å². The molecule has 0 fully saturated rings. The summed E-state index contributed by atoms with van der Waals surface area (Å²) in [6, 6.07) is 0. The second-order valence-corrected chi connectivity index (χ2v) is 1.87. The molecule has 0 aliphatic carbocycles. The zero-order valence-corrected chi connectivity index (χ0v) is 5.96. The summed E-state index contributed by atoms with van der Waals surface area (Å²) in [5.41, 5.74) is 0. The molecular weight excluding hydrogens is 183 g/mol. The molecule has 0 saturated heterocycles. The summed E-state index contributed by atoms with van der Waals surface area (Å²) in [7, 11) is 9.53. The molecule has 0 saturated carbocycles. The average molecular weight is 187 g/mol. The Kier molecular flexibility index (Phi) is 206. The van der Waals surface area contributed by atoms with E-state index in [1.165, 1.54) is 0 Å². The van der Waals surface area contributed by atoms with Crippen molar-refractivity contribution in [1.29, 1.82) is 0 Å². The van der Waals surface area contributed by atoms with Crippen LogP contribution in [0.1, 0.15) is 0 Å². The van der Waals surface area contributed by atoms with Crippen LogP contribution in [-0.4, -0.2) is 13.6 Å². The second-order valence-electron chi connectivity index (χ2n) is 0.0505. The molecule has 2 nitrogen and oxygen atoms in total. The Bertz CT molecular complexity index is 21.2. The molecule has 46 valence electrons. The van der Waals surface area contributed by atoms with Crippen molar-refractivity contribution in [2.75, 3.05) is 0 Å². The van der Waals surface area contributed by atoms with E-state index < -0.39 is 0 Å². The first-order valence-corrected chi connectivity index (χ1v) is 3.88. The Morgan fingerprint density at radius 2 is 1.00 bits per heavy atom. The topological polar surface area (TPSA) is 34.1 Å². The van der Waals surface area contributed by atoms with Crippen molar-refractivity contribution in [3.05, 3.63) is 0 Å². The van der Waals surface area contributed by atoms with Gasteiger partial charge in [-0.3, -0.25) is 0 Å². The van der Waals surface area contributed by atoms with Crippen molar-refractivity contribution < 1.29 is 22.7 Å². The first-order chi connectivity index (χ1) is 3.41. The third-order valence-electron chi connectivity index (χ3n) is 0. The van der Waals surface area contributed by atoms with Crippen molar-refractivity contribution in [3.63, 3.8) is 0 Å². The van der Waals surface area contributed by atoms with Gasteiger partial charge in [0.15, 0.2) is 0 Å². The van der Waals surface area contributed by atoms with Gasteiger partial charge in [-0.05, 0) is 0 Å². The van der Waals surface area contributed by atoms with Crippen molar-refractivity contribution in [1.82, 2.24) is 0 Å². The fraction of sp³-hybridized carbons (Fsp3) is 0. The number of rotatable bonds is 0. The average Bonchev–Trinajstić information content (AvgIpc) is 1.78. The van der Waals surface area contributed by atoms with Crippen molar-refractivity contribution in [2.24, 2.45) is 0 Å². The summed E-state index contributed by atoms with van der Waals surface area (Å²) >= 11 is 0.194. The summed E-state index contributed by atoms with van der Waals surface area (Å²) in [5.74, 6) is 0. The van der Waals surface area contributed by atoms with Crippen LogP contribution in [0.2, 0.25) is 0 Å². The van der Waals surface area contributed by atoms with E-state index in [-0.39, 0.29) is 13.1 Å². The van der Waals surface area contributed by atoms with E-state index in [4.69, 9.17) is 29.8 Å². The molecule has 0 aromatic heterocycles. The summed E-state index contributed by atoms with van der Waals surface area (Å²) in [5, 5.41) is 0. The van der Waals surface area contributed by atoms with Gasteiger partial charge in [0.2, 0.25) is 0 Å². The number of carbonyl (C=O) groups excluding carboxylic acids is 2. The van der Waals surface area contributed by atoms with E-state index in [1.54, 1.807) is 0 Å². The third kappa shape index (κ3) is 657. The number of hydrogen-bond donors (Lipinski definition) is 0. The molecule has 0 aliphatic heterocycles. The molecule has 0 N–H and O–H groups in total. The molecule has 5 heteroatoms. The molecule has 7 heavy (non-hydrogen) atoms. The van der Waals surface area contributed by atoms with E-state index in [2.05, 4.69) is 0 Å². The van der Waals surface area contributed by atoms with E-state index in [0.29, 0.717) is 0 Å². The molecular formula is C2H4Cl2FeO2. The zero-order valence-electron chi connectivity index (χ0n) is 3.34. The Morgan fingerprint density at radius 1 is 1.00 bits per heavy atom. The molecule has 0 aromatic carbocycles. The molecule has 0 unspecified atom stereocenters. The van der Waals surface area contributed by atoms with Crippen LogP contribution in [0.3, 0.4) is 0 Å². The van der Waals surface area contributed by atoms with Crippen molar-refractivity contribution in [3.8, 4) is 0 Å². The summed E-state index contributed by atoms with van der Waals surface area (Å²) in [6.45, 7) is 4.00. The van der Waals surface area contributed by atoms with Gasteiger partial charge in [-0.1, -0.05) is 0 Å². The van der Waals surface area contributed by atoms with Gasteiger partial charge in [0.25, 0.3) is 0 Å². The quantitative estimate of drug-likeness (QED) is 0.530. The summed E-state index contributed by atoms with van der Waals surface area (Å²) < 4.78 is 0. The van der Waals surface area contributed by atoms with Gasteiger partial charge >= 0.3 is 33.3 Å². The number of hydrogen-bond acceptors (Lipinski definition) is 2. The molecule has 0 amide bonds. The van der Waals surface area contributed by atoms with Gasteiger partial charge in [-0.2, -0.15) is 0 Å². The van der Waals surface area contributed by atoms with E-state index in [1.807, 2.05) is 13.6 Å². The molecule has 0 bridgehead atoms. The Hall–Kier alpha value is 0.439. The molecule has 0 heterocycles. The van der Waals surface area contributed by atoms with Crippen LogP contribution in [0, 0.1) is 0 Å². The van der Waals surface area contributed by atoms with Crippen LogP contribution in [0.25, 0.3) is 0 Å². The second kappa shape index (κ2) is 92.0. The minimum absolute atomic E-state index is 0.194. The predicted molar refractivity (Wildman–Crippen MR) is 25.9 cm³/mol. The first kappa shape index (κ1) is 15.7. The van der Waals surface area contributed by atoms with E-state index in [0.717, 1.165) is 0 Å². The molecule has 0 aliphatic rings. The minimum atomic E-state index is 0.194. The normalized spacial score (nSPS) is 4.29. The molecule has 0 rings (SSSR count). The predicted octanol–water partition coefficient (Wildman–Crippen LogP) is 1.01. The van der Waals surface area contributed by atoms with Gasteiger partial charge in [-0.15, -0.1) is 0 Å². The monoisotopic (exact) mass is 186 g/mol. The van der Waals surface area contributed by atoms with Crippen molar-refractivity contribution >= 4 is 33.8 Å². The maximum atomic E-state index is 8.00. The maximum absolute atomic E-state index is 8.00. The molecule has 0 aromatic rings. The number of carbonyl (C=O) groups is 2. The SMILES string of the molecule is C=O.C=O.[Cl][Fe][Cl]. The van der Waals surface area contributed by atoms with Crippen LogP contribution < -0.4 is 0 Å². The van der Waals surface area contributed by atoms with Gasteiger partial charge in [0, 0.05) is 0 Å². The Balaban J connectivity index is -0.0000000360. The first-order valence-electron chi connectivity index (χ1n) is 0.845. The van der Waals surface area contributed by atoms with Gasteiger partial charge in [-0.25, -0.2) is 0 Å². The van der Waals surface area contributed by atoms with Crippen LogP contribution >= 0.6 is 20.2 Å². The molecule has 0 radical (unpaired) electrons. The van der Waals surface area contributed by atoms with Gasteiger partial charge < -0.3 is 9.59 Å². The third-order valence-corrected chi connectivity index (χ3v) is 0. The Morgan fingerprint density at radius 3 is 1.00 bits per heavy atom. The summed E-state index contributed by atoms with van der Waals surface area (Å²) in [4.78, 5) is 16.0. The van der Waals surface area contributed by atoms with Crippen molar-refractivity contribution in [2.45, 2.75) is 0 Å². The van der Waals surface area contributed by atoms with Crippen LogP contribution in [-0.2, 0) is 22.7 Å². The fourth-order valence-corrected chi connectivity index (χ4v) is 0. The molecule has 0 atom stereocenters. The van der Waals surface area contributed by atoms with E-state index >= 15 is 0 Å². The zero-order chi connectivity index (χ0) is 6.71. The fourth-order valence-electron chi connectivity index (χ4n) is 0. The Labute approximate surface area is 56.8 Å². The van der Waals surface area contributed by atoms with E-state index in [9.17, 15) is 0 Å².